The minimum absolute atomic E-state index is 0.119. The Balaban J connectivity index is 1.80. The zero-order chi connectivity index (χ0) is 30.9. The van der Waals surface area contributed by atoms with Crippen molar-refractivity contribution in [3.63, 3.8) is 0 Å². The van der Waals surface area contributed by atoms with Crippen molar-refractivity contribution in [2.45, 2.75) is 57.5 Å². The summed E-state index contributed by atoms with van der Waals surface area (Å²) in [5.74, 6) is -1.94. The van der Waals surface area contributed by atoms with Crippen LogP contribution in [-0.2, 0) is 47.2 Å². The predicted molar refractivity (Wildman–Crippen MR) is 145 cm³/mol. The van der Waals surface area contributed by atoms with Gasteiger partial charge in [-0.3, -0.25) is 18.9 Å². The van der Waals surface area contributed by atoms with Crippen molar-refractivity contribution < 1.29 is 47.2 Å². The largest absolute Gasteiger partial charge is 0.464 e. The van der Waals surface area contributed by atoms with Crippen molar-refractivity contribution in [1.82, 2.24) is 19.7 Å². The van der Waals surface area contributed by atoms with E-state index < -0.39 is 56.5 Å². The number of nitriles is 1. The van der Waals surface area contributed by atoms with E-state index in [1.807, 2.05) is 6.07 Å². The topological polar surface area (TPSA) is 216 Å². The number of methoxy groups -OCH3 is 1. The third-order valence-electron chi connectivity index (χ3n) is 6.58. The smallest absolute Gasteiger partial charge is 0.323 e. The molecule has 0 aliphatic carbocycles. The van der Waals surface area contributed by atoms with Crippen LogP contribution < -0.4 is 10.8 Å². The third-order valence-corrected chi connectivity index (χ3v) is 7.66. The summed E-state index contributed by atoms with van der Waals surface area (Å²) >= 11 is 0. The van der Waals surface area contributed by atoms with E-state index in [0.717, 1.165) is 33.8 Å². The fourth-order valence-electron chi connectivity index (χ4n) is 4.31. The molecule has 1 fully saturated rings. The minimum Gasteiger partial charge on any atom is -0.464 e. The van der Waals surface area contributed by atoms with Gasteiger partial charge in [0.15, 0.2) is 18.0 Å². The first kappa shape index (κ1) is 32.9. The Morgan fingerprint density at radius 3 is 2.57 bits per heavy atom. The molecule has 3 N–H and O–H groups in total. The number of carbonyl (C=O) groups is 3. The molecule has 2 aromatic heterocycles. The molecule has 17 heteroatoms. The molecule has 0 bridgehead atoms. The lowest BCUT2D eigenvalue weighted by Gasteiger charge is -2.36. The second kappa shape index (κ2) is 15.0. The SMILES string of the molecule is CO[C@](C#N)(CO[PH](=O)N[C@@H](C)C(=O)OCC1CCOCC1)[C@@H](OC(C)=O)[C@@H](OC(C)=O)c1ccc2c(N)ncnn12. The minimum atomic E-state index is -3.17. The van der Waals surface area contributed by atoms with Crippen LogP contribution in [0.2, 0.25) is 0 Å². The summed E-state index contributed by atoms with van der Waals surface area (Å²) in [6.07, 6.45) is -0.374. The van der Waals surface area contributed by atoms with Gasteiger partial charge in [-0.1, -0.05) is 0 Å². The average Bonchev–Trinajstić information content (AvgIpc) is 3.40. The summed E-state index contributed by atoms with van der Waals surface area (Å²) in [5.41, 5.74) is 4.30. The maximum atomic E-state index is 12.8. The van der Waals surface area contributed by atoms with Crippen LogP contribution in [0.5, 0.6) is 0 Å². The monoisotopic (exact) mass is 610 g/mol. The maximum absolute atomic E-state index is 12.8. The van der Waals surface area contributed by atoms with E-state index in [4.69, 9.17) is 33.9 Å². The lowest BCUT2D eigenvalue weighted by Crippen LogP contribution is -2.52. The van der Waals surface area contributed by atoms with E-state index >= 15 is 0 Å². The number of nitrogens with two attached hydrogens (primary N) is 1. The molecule has 1 aliphatic heterocycles. The van der Waals surface area contributed by atoms with E-state index in [9.17, 15) is 24.2 Å². The molecule has 16 nitrogen and oxygen atoms in total. The number of carbonyl (C=O) groups excluding carboxylic acids is 3. The van der Waals surface area contributed by atoms with Crippen molar-refractivity contribution in [3.05, 3.63) is 24.2 Å². The van der Waals surface area contributed by atoms with Gasteiger partial charge < -0.3 is 33.9 Å². The van der Waals surface area contributed by atoms with Gasteiger partial charge in [-0.15, -0.1) is 0 Å². The van der Waals surface area contributed by atoms with Crippen LogP contribution >= 0.6 is 8.18 Å². The third kappa shape index (κ3) is 8.24. The molecule has 2 aromatic rings. The van der Waals surface area contributed by atoms with Gasteiger partial charge >= 0.3 is 17.9 Å². The lowest BCUT2D eigenvalue weighted by atomic mass is 9.92. The lowest BCUT2D eigenvalue weighted by molar-refractivity contribution is -0.191. The van der Waals surface area contributed by atoms with Crippen LogP contribution in [0.15, 0.2) is 18.5 Å². The van der Waals surface area contributed by atoms with Crippen LogP contribution in [-0.4, -0.2) is 83.8 Å². The Morgan fingerprint density at radius 2 is 1.95 bits per heavy atom. The molecule has 1 saturated heterocycles. The summed E-state index contributed by atoms with van der Waals surface area (Å²) in [5, 5.41) is 16.9. The Labute approximate surface area is 242 Å². The van der Waals surface area contributed by atoms with E-state index in [2.05, 4.69) is 15.2 Å². The van der Waals surface area contributed by atoms with Gasteiger partial charge in [-0.05, 0) is 37.8 Å². The molecule has 42 heavy (non-hydrogen) atoms. The molecular formula is C25H35N6O10P. The van der Waals surface area contributed by atoms with Gasteiger partial charge in [0.1, 0.15) is 30.6 Å². The molecule has 0 radical (unpaired) electrons. The molecule has 3 rings (SSSR count). The number of ether oxygens (including phenoxy) is 5. The van der Waals surface area contributed by atoms with Gasteiger partial charge in [0, 0.05) is 34.2 Å². The molecule has 0 saturated carbocycles. The summed E-state index contributed by atoms with van der Waals surface area (Å²) in [7, 11) is -2.03. The quantitative estimate of drug-likeness (QED) is 0.174. The number of nitrogen functional groups attached to an aromatic ring is 1. The van der Waals surface area contributed by atoms with Gasteiger partial charge in [-0.2, -0.15) is 10.4 Å². The van der Waals surface area contributed by atoms with Gasteiger partial charge in [-0.25, -0.2) is 14.6 Å². The van der Waals surface area contributed by atoms with E-state index in [1.54, 1.807) is 6.07 Å². The molecule has 230 valence electrons. The highest BCUT2D eigenvalue weighted by molar-refractivity contribution is 7.36. The van der Waals surface area contributed by atoms with Crippen LogP contribution in [0.25, 0.3) is 5.52 Å². The first-order chi connectivity index (χ1) is 20.0. The van der Waals surface area contributed by atoms with E-state index in [1.165, 1.54) is 23.8 Å². The number of fused-ring (bicyclic) bond motifs is 1. The van der Waals surface area contributed by atoms with Gasteiger partial charge in [0.05, 0.1) is 12.3 Å². The number of aromatic nitrogens is 3. The Morgan fingerprint density at radius 1 is 1.26 bits per heavy atom. The normalized spacial score (nSPS) is 18.2. The van der Waals surface area contributed by atoms with Crippen molar-refractivity contribution in [2.24, 2.45) is 5.92 Å². The number of esters is 3. The Bertz CT molecular complexity index is 1330. The highest BCUT2D eigenvalue weighted by Gasteiger charge is 2.51. The molecule has 0 aromatic carbocycles. The maximum Gasteiger partial charge on any atom is 0.323 e. The zero-order valence-corrected chi connectivity index (χ0v) is 24.7. The second-order valence-electron chi connectivity index (χ2n) is 9.59. The van der Waals surface area contributed by atoms with Crippen molar-refractivity contribution in [1.29, 1.82) is 5.26 Å². The molecule has 0 amide bonds. The number of nitrogens with one attached hydrogen (secondary N) is 1. The number of nitrogens with zero attached hydrogens (tertiary/aromatic N) is 4. The van der Waals surface area contributed by atoms with E-state index in [0.29, 0.717) is 18.7 Å². The van der Waals surface area contributed by atoms with Crippen LogP contribution in [0.3, 0.4) is 0 Å². The second-order valence-corrected chi connectivity index (χ2v) is 10.7. The number of hydrogen-bond acceptors (Lipinski definition) is 14. The highest BCUT2D eigenvalue weighted by Crippen LogP contribution is 2.36. The molecule has 0 spiro atoms. The Kier molecular flexibility index (Phi) is 11.8. The number of rotatable bonds is 14. The average molecular weight is 611 g/mol. The van der Waals surface area contributed by atoms with Gasteiger partial charge in [0.25, 0.3) is 8.18 Å². The summed E-state index contributed by atoms with van der Waals surface area (Å²) in [6.45, 7) is 4.37. The summed E-state index contributed by atoms with van der Waals surface area (Å²) < 4.78 is 46.6. The molecular weight excluding hydrogens is 575 g/mol. The number of hydrogen-bond donors (Lipinski definition) is 2. The molecule has 1 unspecified atom stereocenters. The standard InChI is InChI=1S/C25H35N6O10P/c1-15(24(34)38-11-18-7-9-37-10-8-18)30-42(35)39-13-25(12-26,36-4)22(41-17(3)33)21(40-16(2)32)19-5-6-20-23(27)28-14-29-31(19)20/h5-6,14-15,18,21-22,42H,7-11,13H2,1-4H3,(H,30,35)(H2,27,28,29)/t15-,21-,22-,25+/m0/s1. The summed E-state index contributed by atoms with van der Waals surface area (Å²) in [4.78, 5) is 40.7. The fraction of sp³-hybridized carbons (Fsp3) is 0.600. The van der Waals surface area contributed by atoms with Crippen molar-refractivity contribution >= 4 is 37.4 Å². The number of anilines is 1. The predicted octanol–water partition coefficient (Wildman–Crippen LogP) is 1.11. The van der Waals surface area contributed by atoms with Crippen molar-refractivity contribution in [3.8, 4) is 6.07 Å². The summed E-state index contributed by atoms with van der Waals surface area (Å²) in [6, 6.07) is 3.96. The molecule has 5 atom stereocenters. The Hall–Kier alpha value is -3.61. The highest BCUT2D eigenvalue weighted by atomic mass is 31.1. The fourth-order valence-corrected chi connectivity index (χ4v) is 5.21. The van der Waals surface area contributed by atoms with Crippen LogP contribution in [0.4, 0.5) is 5.82 Å². The zero-order valence-electron chi connectivity index (χ0n) is 23.7. The van der Waals surface area contributed by atoms with Gasteiger partial charge in [0.2, 0.25) is 5.60 Å². The molecule has 3 heterocycles. The first-order valence-electron chi connectivity index (χ1n) is 13.1. The van der Waals surface area contributed by atoms with Crippen LogP contribution in [0.1, 0.15) is 45.4 Å². The van der Waals surface area contributed by atoms with Crippen LogP contribution in [0, 0.1) is 17.2 Å². The first-order valence-corrected chi connectivity index (χ1v) is 14.4. The van der Waals surface area contributed by atoms with E-state index in [-0.39, 0.29) is 24.0 Å². The van der Waals surface area contributed by atoms with Crippen molar-refractivity contribution in [2.75, 3.05) is 39.3 Å². The molecule has 1 aliphatic rings.